The first-order chi connectivity index (χ1) is 11.6. The number of halogens is 3. The Kier molecular flexibility index (Phi) is 6.59. The van der Waals surface area contributed by atoms with Crippen molar-refractivity contribution in [3.8, 4) is 0 Å². The molecule has 0 bridgehead atoms. The average molecular weight is 366 g/mol. The van der Waals surface area contributed by atoms with E-state index in [4.69, 9.17) is 9.47 Å². The number of hydrogen-bond donors (Lipinski definition) is 1. The van der Waals surface area contributed by atoms with E-state index in [1.165, 1.54) is 0 Å². The third-order valence-corrected chi connectivity index (χ3v) is 4.69. The quantitative estimate of drug-likeness (QED) is 0.832. The molecule has 0 aromatic carbocycles. The zero-order chi connectivity index (χ0) is 18.7. The number of ether oxygens (including phenoxy) is 2. The molecule has 1 aliphatic carbocycles. The predicted molar refractivity (Wildman–Crippen MR) is 87.4 cm³/mol. The first kappa shape index (κ1) is 20.3. The molecule has 1 saturated heterocycles. The Bertz CT molecular complexity index is 443. The first-order valence-electron chi connectivity index (χ1n) is 8.94. The van der Waals surface area contributed by atoms with Crippen molar-refractivity contribution in [2.24, 2.45) is 5.92 Å². The van der Waals surface area contributed by atoms with Crippen LogP contribution in [-0.4, -0.2) is 61.2 Å². The Labute approximate surface area is 147 Å². The number of rotatable bonds is 3. The first-order valence-corrected chi connectivity index (χ1v) is 8.94. The molecule has 1 atom stereocenters. The average Bonchev–Trinajstić information content (AvgIpc) is 2.51. The van der Waals surface area contributed by atoms with Crippen LogP contribution in [0.2, 0.25) is 0 Å². The second-order valence-corrected chi connectivity index (χ2v) is 7.90. The summed E-state index contributed by atoms with van der Waals surface area (Å²) in [6, 6.07) is -0.107. The molecule has 1 saturated carbocycles. The van der Waals surface area contributed by atoms with Gasteiger partial charge in [-0.05, 0) is 46.5 Å². The van der Waals surface area contributed by atoms with Crippen molar-refractivity contribution >= 4 is 6.09 Å². The van der Waals surface area contributed by atoms with Gasteiger partial charge in [-0.25, -0.2) is 4.79 Å². The molecule has 1 aliphatic heterocycles. The molecule has 1 N–H and O–H groups in total. The molecule has 1 unspecified atom stereocenters. The molecule has 1 heterocycles. The molecular weight excluding hydrogens is 337 g/mol. The summed E-state index contributed by atoms with van der Waals surface area (Å²) in [7, 11) is 0. The molecule has 0 spiro atoms. The summed E-state index contributed by atoms with van der Waals surface area (Å²) in [5.41, 5.74) is -0.566. The molecular formula is C17H29F3N2O3. The number of carbonyl (C=O) groups excluding carboxylic acids is 1. The highest BCUT2D eigenvalue weighted by Crippen LogP contribution is 2.37. The number of morpholine rings is 1. The Morgan fingerprint density at radius 1 is 1.20 bits per heavy atom. The van der Waals surface area contributed by atoms with Crippen molar-refractivity contribution in [2.75, 3.05) is 26.3 Å². The van der Waals surface area contributed by atoms with Crippen LogP contribution in [-0.2, 0) is 9.47 Å². The zero-order valence-corrected chi connectivity index (χ0v) is 15.2. The summed E-state index contributed by atoms with van der Waals surface area (Å²) in [6.45, 7) is 7.28. The minimum Gasteiger partial charge on any atom is -0.444 e. The SMILES string of the molecule is CC(C)(C)OC(=O)N1CCOCC1CNC1CCC(C(F)(F)F)CC1. The van der Waals surface area contributed by atoms with E-state index in [0.29, 0.717) is 39.1 Å². The van der Waals surface area contributed by atoms with Gasteiger partial charge in [-0.2, -0.15) is 13.2 Å². The second kappa shape index (κ2) is 8.12. The molecule has 25 heavy (non-hydrogen) atoms. The summed E-state index contributed by atoms with van der Waals surface area (Å²) < 4.78 is 49.1. The lowest BCUT2D eigenvalue weighted by atomic mass is 9.85. The summed E-state index contributed by atoms with van der Waals surface area (Å²) in [4.78, 5) is 14.0. The van der Waals surface area contributed by atoms with Crippen molar-refractivity contribution in [1.29, 1.82) is 0 Å². The van der Waals surface area contributed by atoms with Crippen LogP contribution in [0.1, 0.15) is 46.5 Å². The van der Waals surface area contributed by atoms with Crippen LogP contribution in [0.15, 0.2) is 0 Å². The normalized spacial score (nSPS) is 28.7. The van der Waals surface area contributed by atoms with Gasteiger partial charge in [-0.3, -0.25) is 4.90 Å². The smallest absolute Gasteiger partial charge is 0.410 e. The van der Waals surface area contributed by atoms with Crippen molar-refractivity contribution in [1.82, 2.24) is 10.2 Å². The van der Waals surface area contributed by atoms with Gasteiger partial charge < -0.3 is 14.8 Å². The van der Waals surface area contributed by atoms with Crippen molar-refractivity contribution in [3.05, 3.63) is 0 Å². The molecule has 146 valence electrons. The minimum absolute atomic E-state index is 0.0565. The fourth-order valence-corrected chi connectivity index (χ4v) is 3.31. The van der Waals surface area contributed by atoms with Gasteiger partial charge in [0.15, 0.2) is 0 Å². The molecule has 0 radical (unpaired) electrons. The molecule has 0 aromatic heterocycles. The fourth-order valence-electron chi connectivity index (χ4n) is 3.31. The molecule has 8 heteroatoms. The van der Waals surface area contributed by atoms with Crippen LogP contribution in [0.5, 0.6) is 0 Å². The number of hydrogen-bond acceptors (Lipinski definition) is 4. The van der Waals surface area contributed by atoms with Crippen LogP contribution in [0.4, 0.5) is 18.0 Å². The second-order valence-electron chi connectivity index (χ2n) is 7.90. The molecule has 2 rings (SSSR count). The molecule has 2 aliphatic rings. The Morgan fingerprint density at radius 3 is 2.40 bits per heavy atom. The summed E-state index contributed by atoms with van der Waals surface area (Å²) in [5.74, 6) is -1.18. The van der Waals surface area contributed by atoms with E-state index >= 15 is 0 Å². The Hall–Kier alpha value is -1.02. The lowest BCUT2D eigenvalue weighted by Crippen LogP contribution is -2.55. The summed E-state index contributed by atoms with van der Waals surface area (Å²) in [6.07, 6.45) is -3.12. The highest BCUT2D eigenvalue weighted by atomic mass is 19.4. The lowest BCUT2D eigenvalue weighted by Gasteiger charge is -2.38. The van der Waals surface area contributed by atoms with Crippen LogP contribution in [0.25, 0.3) is 0 Å². The van der Waals surface area contributed by atoms with Gasteiger partial charge in [0.05, 0.1) is 25.2 Å². The number of amides is 1. The van der Waals surface area contributed by atoms with Gasteiger partial charge in [0, 0.05) is 19.1 Å². The van der Waals surface area contributed by atoms with E-state index in [-0.39, 0.29) is 31.0 Å². The van der Waals surface area contributed by atoms with Gasteiger partial charge in [-0.15, -0.1) is 0 Å². The topological polar surface area (TPSA) is 50.8 Å². The fraction of sp³-hybridized carbons (Fsp3) is 0.941. The third-order valence-electron chi connectivity index (χ3n) is 4.69. The van der Waals surface area contributed by atoms with Gasteiger partial charge in [-0.1, -0.05) is 0 Å². The third kappa shape index (κ3) is 6.33. The lowest BCUT2D eigenvalue weighted by molar-refractivity contribution is -0.182. The highest BCUT2D eigenvalue weighted by molar-refractivity contribution is 5.68. The Balaban J connectivity index is 1.81. The number of nitrogens with one attached hydrogen (secondary N) is 1. The monoisotopic (exact) mass is 366 g/mol. The maximum Gasteiger partial charge on any atom is 0.410 e. The van der Waals surface area contributed by atoms with E-state index in [9.17, 15) is 18.0 Å². The van der Waals surface area contributed by atoms with E-state index < -0.39 is 17.7 Å². The largest absolute Gasteiger partial charge is 0.444 e. The van der Waals surface area contributed by atoms with Crippen LogP contribution in [0, 0.1) is 5.92 Å². The van der Waals surface area contributed by atoms with Crippen LogP contribution in [0.3, 0.4) is 0 Å². The van der Waals surface area contributed by atoms with E-state index in [0.717, 1.165) is 0 Å². The molecule has 1 amide bonds. The predicted octanol–water partition coefficient (Wildman–Crippen LogP) is 3.33. The van der Waals surface area contributed by atoms with Crippen molar-refractivity contribution < 1.29 is 27.4 Å². The number of alkyl halides is 3. The molecule has 5 nitrogen and oxygen atoms in total. The zero-order valence-electron chi connectivity index (χ0n) is 15.2. The van der Waals surface area contributed by atoms with Crippen molar-refractivity contribution in [2.45, 2.75) is 70.3 Å². The van der Waals surface area contributed by atoms with Gasteiger partial charge in [0.25, 0.3) is 0 Å². The van der Waals surface area contributed by atoms with Crippen LogP contribution < -0.4 is 5.32 Å². The van der Waals surface area contributed by atoms with Crippen LogP contribution >= 0.6 is 0 Å². The Morgan fingerprint density at radius 2 is 1.84 bits per heavy atom. The van der Waals surface area contributed by atoms with E-state index in [1.807, 2.05) is 20.8 Å². The maximum atomic E-state index is 12.7. The summed E-state index contributed by atoms with van der Waals surface area (Å²) in [5, 5.41) is 3.31. The molecule has 0 aromatic rings. The maximum absolute atomic E-state index is 12.7. The van der Waals surface area contributed by atoms with Gasteiger partial charge >= 0.3 is 12.3 Å². The minimum atomic E-state index is -4.09. The van der Waals surface area contributed by atoms with E-state index in [1.54, 1.807) is 4.90 Å². The van der Waals surface area contributed by atoms with Gasteiger partial charge in [0.1, 0.15) is 5.60 Å². The number of nitrogens with zero attached hydrogens (tertiary/aromatic N) is 1. The standard InChI is InChI=1S/C17H29F3N2O3/c1-16(2,3)25-15(23)22-8-9-24-11-14(22)10-21-13-6-4-12(5-7-13)17(18,19)20/h12-14,21H,4-11H2,1-3H3. The van der Waals surface area contributed by atoms with Crippen molar-refractivity contribution in [3.63, 3.8) is 0 Å². The molecule has 2 fully saturated rings. The highest BCUT2D eigenvalue weighted by Gasteiger charge is 2.41. The van der Waals surface area contributed by atoms with E-state index in [2.05, 4.69) is 5.32 Å². The van der Waals surface area contributed by atoms with Gasteiger partial charge in [0.2, 0.25) is 0 Å². The number of carbonyl (C=O) groups is 1. The summed E-state index contributed by atoms with van der Waals surface area (Å²) >= 11 is 0.